The highest BCUT2D eigenvalue weighted by Gasteiger charge is 2.27. The number of benzene rings is 1. The van der Waals surface area contributed by atoms with E-state index in [0.29, 0.717) is 0 Å². The van der Waals surface area contributed by atoms with E-state index in [9.17, 15) is 17.6 Å². The second kappa shape index (κ2) is 4.78. The minimum atomic E-state index is -3.89. The van der Waals surface area contributed by atoms with Gasteiger partial charge in [0, 0.05) is 30.3 Å². The van der Waals surface area contributed by atoms with Crippen LogP contribution in [0.5, 0.6) is 0 Å². The van der Waals surface area contributed by atoms with Crippen molar-refractivity contribution < 1.29 is 17.6 Å². The maximum atomic E-state index is 13.5. The zero-order chi connectivity index (χ0) is 14.2. The zero-order valence-electron chi connectivity index (χ0n) is 10.2. The van der Waals surface area contributed by atoms with E-state index in [0.717, 1.165) is 6.07 Å². The fourth-order valence-electron chi connectivity index (χ4n) is 1.81. The zero-order valence-corrected chi connectivity index (χ0v) is 11.1. The highest BCUT2D eigenvalue weighted by Crippen LogP contribution is 2.21. The van der Waals surface area contributed by atoms with Gasteiger partial charge in [-0.3, -0.25) is 4.79 Å². The molecule has 6 nitrogen and oxygen atoms in total. The molecule has 1 amide bonds. The Kier molecular flexibility index (Phi) is 3.46. The minimum Gasteiger partial charge on any atom is -0.398 e. The van der Waals surface area contributed by atoms with Crippen LogP contribution in [-0.4, -0.2) is 26.9 Å². The predicted octanol–water partition coefficient (Wildman–Crippen LogP) is -0.117. The first kappa shape index (κ1) is 13.8. The number of nitrogen functional groups attached to an aromatic ring is 1. The Bertz CT molecular complexity index is 607. The molecule has 0 radical (unpaired) electrons. The van der Waals surface area contributed by atoms with Crippen molar-refractivity contribution in [2.75, 3.05) is 12.3 Å². The number of anilines is 1. The van der Waals surface area contributed by atoms with Crippen LogP contribution in [-0.2, 0) is 14.8 Å². The summed E-state index contributed by atoms with van der Waals surface area (Å²) in [6.07, 6.45) is 0.0725. The van der Waals surface area contributed by atoms with E-state index >= 15 is 0 Å². The lowest BCUT2D eigenvalue weighted by Gasteiger charge is -2.12. The van der Waals surface area contributed by atoms with Crippen molar-refractivity contribution in [1.82, 2.24) is 10.0 Å². The van der Waals surface area contributed by atoms with Crippen molar-refractivity contribution in [3.05, 3.63) is 23.5 Å². The molecular weight excluding hydrogens is 273 g/mol. The summed E-state index contributed by atoms with van der Waals surface area (Å²) in [5.41, 5.74) is 5.83. The normalized spacial score (nSPS) is 19.5. The summed E-state index contributed by atoms with van der Waals surface area (Å²) < 4.78 is 39.9. The molecule has 0 saturated carbocycles. The molecule has 1 saturated heterocycles. The van der Waals surface area contributed by atoms with Crippen LogP contribution in [0.2, 0.25) is 0 Å². The van der Waals surface area contributed by atoms with Crippen molar-refractivity contribution in [2.45, 2.75) is 24.3 Å². The molecule has 0 aromatic heterocycles. The molecule has 1 aromatic rings. The van der Waals surface area contributed by atoms with Crippen molar-refractivity contribution in [2.24, 2.45) is 0 Å². The van der Waals surface area contributed by atoms with Gasteiger partial charge in [-0.25, -0.2) is 17.5 Å². The van der Waals surface area contributed by atoms with Gasteiger partial charge in [0.1, 0.15) is 5.82 Å². The molecule has 4 N–H and O–H groups in total. The highest BCUT2D eigenvalue weighted by molar-refractivity contribution is 7.89. The topological polar surface area (TPSA) is 101 Å². The molecule has 1 aliphatic rings. The van der Waals surface area contributed by atoms with Gasteiger partial charge in [0.05, 0.1) is 4.90 Å². The van der Waals surface area contributed by atoms with Gasteiger partial charge in [-0.2, -0.15) is 0 Å². The van der Waals surface area contributed by atoms with E-state index in [4.69, 9.17) is 5.73 Å². The van der Waals surface area contributed by atoms with Crippen LogP contribution in [0.4, 0.5) is 10.1 Å². The molecule has 0 aliphatic carbocycles. The smallest absolute Gasteiger partial charge is 0.241 e. The first-order valence-electron chi connectivity index (χ1n) is 5.64. The first-order valence-corrected chi connectivity index (χ1v) is 7.12. The summed E-state index contributed by atoms with van der Waals surface area (Å²) in [5, 5.41) is 2.51. The number of amides is 1. The molecule has 104 valence electrons. The standard InChI is InChI=1S/C11H14FN3O3S/c1-6-9(12)3-8(4-10(6)13)19(17,18)15-7-2-11(16)14-5-7/h3-4,7,15H,2,5,13H2,1H3,(H,14,16). The van der Waals surface area contributed by atoms with Gasteiger partial charge in [-0.1, -0.05) is 0 Å². The van der Waals surface area contributed by atoms with E-state index in [-0.39, 0.29) is 35.0 Å². The van der Waals surface area contributed by atoms with Crippen molar-refractivity contribution in [1.29, 1.82) is 0 Å². The lowest BCUT2D eigenvalue weighted by atomic mass is 10.2. The van der Waals surface area contributed by atoms with Crippen LogP contribution in [0.15, 0.2) is 17.0 Å². The largest absolute Gasteiger partial charge is 0.398 e. The highest BCUT2D eigenvalue weighted by atomic mass is 32.2. The molecule has 1 fully saturated rings. The summed E-state index contributed by atoms with van der Waals surface area (Å²) >= 11 is 0. The summed E-state index contributed by atoms with van der Waals surface area (Å²) in [7, 11) is -3.89. The lowest BCUT2D eigenvalue weighted by Crippen LogP contribution is -2.36. The van der Waals surface area contributed by atoms with E-state index in [1.165, 1.54) is 13.0 Å². The summed E-state index contributed by atoms with van der Waals surface area (Å²) in [4.78, 5) is 10.8. The Balaban J connectivity index is 2.27. The fraction of sp³-hybridized carbons (Fsp3) is 0.364. The molecule has 1 atom stereocenters. The van der Waals surface area contributed by atoms with Gasteiger partial charge in [0.15, 0.2) is 0 Å². The van der Waals surface area contributed by atoms with Crippen LogP contribution >= 0.6 is 0 Å². The average molecular weight is 287 g/mol. The number of carbonyl (C=O) groups is 1. The average Bonchev–Trinajstić information content (AvgIpc) is 2.70. The molecule has 1 unspecified atom stereocenters. The molecule has 0 bridgehead atoms. The molecule has 19 heavy (non-hydrogen) atoms. The van der Waals surface area contributed by atoms with Gasteiger partial charge >= 0.3 is 0 Å². The molecule has 1 aliphatic heterocycles. The van der Waals surface area contributed by atoms with Gasteiger partial charge in [-0.15, -0.1) is 0 Å². The van der Waals surface area contributed by atoms with Gasteiger partial charge in [0.2, 0.25) is 15.9 Å². The van der Waals surface area contributed by atoms with E-state index in [1.807, 2.05) is 0 Å². The summed E-state index contributed by atoms with van der Waals surface area (Å²) in [6, 6.07) is 1.59. The van der Waals surface area contributed by atoms with E-state index in [2.05, 4.69) is 10.0 Å². The van der Waals surface area contributed by atoms with Crippen molar-refractivity contribution in [3.63, 3.8) is 0 Å². The third-order valence-electron chi connectivity index (χ3n) is 2.97. The Morgan fingerprint density at radius 3 is 2.68 bits per heavy atom. The molecule has 0 spiro atoms. The molecule has 1 aromatic carbocycles. The Labute approximate surface area is 110 Å². The second-order valence-electron chi connectivity index (χ2n) is 4.45. The third-order valence-corrected chi connectivity index (χ3v) is 4.47. The molecule has 2 rings (SSSR count). The van der Waals surface area contributed by atoms with Gasteiger partial charge in [-0.05, 0) is 19.1 Å². The van der Waals surface area contributed by atoms with E-state index < -0.39 is 21.9 Å². The molecule has 8 heteroatoms. The Hall–Kier alpha value is -1.67. The van der Waals surface area contributed by atoms with Gasteiger partial charge in [0.25, 0.3) is 0 Å². The summed E-state index contributed by atoms with van der Waals surface area (Å²) in [6.45, 7) is 1.69. The Morgan fingerprint density at radius 2 is 2.16 bits per heavy atom. The second-order valence-corrected chi connectivity index (χ2v) is 6.16. The van der Waals surface area contributed by atoms with Crippen molar-refractivity contribution >= 4 is 21.6 Å². The maximum Gasteiger partial charge on any atom is 0.241 e. The number of carbonyl (C=O) groups excluding carboxylic acids is 1. The number of nitrogens with two attached hydrogens (primary N) is 1. The quantitative estimate of drug-likeness (QED) is 0.675. The van der Waals surface area contributed by atoms with Gasteiger partial charge < -0.3 is 11.1 Å². The number of halogens is 1. The number of sulfonamides is 1. The number of nitrogens with one attached hydrogen (secondary N) is 2. The molecular formula is C11H14FN3O3S. The fourth-order valence-corrected chi connectivity index (χ4v) is 3.09. The lowest BCUT2D eigenvalue weighted by molar-refractivity contribution is -0.119. The Morgan fingerprint density at radius 1 is 1.47 bits per heavy atom. The van der Waals surface area contributed by atoms with Crippen LogP contribution in [0.25, 0.3) is 0 Å². The first-order chi connectivity index (χ1) is 8.79. The third kappa shape index (κ3) is 2.85. The maximum absolute atomic E-state index is 13.5. The number of hydrogen-bond acceptors (Lipinski definition) is 4. The van der Waals surface area contributed by atoms with Crippen LogP contribution < -0.4 is 15.8 Å². The van der Waals surface area contributed by atoms with Crippen LogP contribution in [0, 0.1) is 12.7 Å². The SMILES string of the molecule is Cc1c(N)cc(S(=O)(=O)NC2CNC(=O)C2)cc1F. The monoisotopic (exact) mass is 287 g/mol. The number of rotatable bonds is 3. The minimum absolute atomic E-state index is 0.0704. The number of hydrogen-bond donors (Lipinski definition) is 3. The predicted molar refractivity (Wildman–Crippen MR) is 67.3 cm³/mol. The van der Waals surface area contributed by atoms with E-state index in [1.54, 1.807) is 0 Å². The van der Waals surface area contributed by atoms with Crippen LogP contribution in [0.1, 0.15) is 12.0 Å². The van der Waals surface area contributed by atoms with Crippen molar-refractivity contribution in [3.8, 4) is 0 Å². The summed E-state index contributed by atoms with van der Waals surface area (Å²) in [5.74, 6) is -0.900. The van der Waals surface area contributed by atoms with Crippen LogP contribution in [0.3, 0.4) is 0 Å². The molecule has 1 heterocycles.